The minimum atomic E-state index is -0.607. The molecular formula is C17H21BrN4O. The van der Waals surface area contributed by atoms with Gasteiger partial charge in [0.2, 0.25) is 5.91 Å². The topological polar surface area (TPSA) is 59.0 Å². The Morgan fingerprint density at radius 2 is 2.09 bits per heavy atom. The van der Waals surface area contributed by atoms with Crippen molar-refractivity contribution in [3.05, 3.63) is 52.8 Å². The summed E-state index contributed by atoms with van der Waals surface area (Å²) in [5.74, 6) is 0.0333. The third-order valence-electron chi connectivity index (χ3n) is 4.52. The standard InChI is InChI=1S/C17H21BrN4O/c1-13(14-5-2-3-6-15(14)18)21-16(23)17(7-10-19-11-8-17)22-12-4-9-20-22/h2-6,9,12-13,19H,7-8,10-11H2,1H3,(H,21,23). The number of carbonyl (C=O) groups excluding carboxylic acids is 1. The smallest absolute Gasteiger partial charge is 0.248 e. The van der Waals surface area contributed by atoms with Crippen LogP contribution in [0.2, 0.25) is 0 Å². The van der Waals surface area contributed by atoms with Gasteiger partial charge in [0.25, 0.3) is 0 Å². The molecule has 0 spiro atoms. The Morgan fingerprint density at radius 3 is 2.74 bits per heavy atom. The van der Waals surface area contributed by atoms with E-state index in [-0.39, 0.29) is 11.9 Å². The largest absolute Gasteiger partial charge is 0.347 e. The van der Waals surface area contributed by atoms with E-state index in [1.807, 2.05) is 48.1 Å². The molecule has 1 saturated heterocycles. The van der Waals surface area contributed by atoms with Crippen LogP contribution in [0.25, 0.3) is 0 Å². The molecule has 122 valence electrons. The van der Waals surface area contributed by atoms with Crippen molar-refractivity contribution in [1.82, 2.24) is 20.4 Å². The van der Waals surface area contributed by atoms with E-state index in [0.717, 1.165) is 36.0 Å². The molecule has 1 fully saturated rings. The van der Waals surface area contributed by atoms with Crippen molar-refractivity contribution in [3.8, 4) is 0 Å². The van der Waals surface area contributed by atoms with Crippen LogP contribution in [0.5, 0.6) is 0 Å². The number of hydrogen-bond donors (Lipinski definition) is 2. The van der Waals surface area contributed by atoms with Gasteiger partial charge in [-0.25, -0.2) is 0 Å². The van der Waals surface area contributed by atoms with Gasteiger partial charge in [-0.15, -0.1) is 0 Å². The van der Waals surface area contributed by atoms with E-state index < -0.39 is 5.54 Å². The highest BCUT2D eigenvalue weighted by Crippen LogP contribution is 2.29. The van der Waals surface area contributed by atoms with Gasteiger partial charge >= 0.3 is 0 Å². The number of aromatic nitrogens is 2. The molecule has 3 rings (SSSR count). The Labute approximate surface area is 144 Å². The summed E-state index contributed by atoms with van der Waals surface area (Å²) in [7, 11) is 0. The van der Waals surface area contributed by atoms with Crippen LogP contribution in [0.3, 0.4) is 0 Å². The molecule has 1 aliphatic rings. The maximum Gasteiger partial charge on any atom is 0.248 e. The Kier molecular flexibility index (Phi) is 4.82. The molecule has 2 N–H and O–H groups in total. The van der Waals surface area contributed by atoms with Crippen LogP contribution in [0.15, 0.2) is 47.2 Å². The zero-order chi connectivity index (χ0) is 16.3. The minimum absolute atomic E-state index is 0.0333. The quantitative estimate of drug-likeness (QED) is 0.861. The van der Waals surface area contributed by atoms with E-state index in [4.69, 9.17) is 0 Å². The molecule has 23 heavy (non-hydrogen) atoms. The highest BCUT2D eigenvalue weighted by Gasteiger charge is 2.42. The zero-order valence-corrected chi connectivity index (χ0v) is 14.7. The fourth-order valence-electron chi connectivity index (χ4n) is 3.16. The zero-order valence-electron chi connectivity index (χ0n) is 13.1. The highest BCUT2D eigenvalue weighted by atomic mass is 79.9. The fraction of sp³-hybridized carbons (Fsp3) is 0.412. The van der Waals surface area contributed by atoms with Gasteiger partial charge in [0.1, 0.15) is 5.54 Å². The van der Waals surface area contributed by atoms with Crippen molar-refractivity contribution in [2.45, 2.75) is 31.3 Å². The number of amides is 1. The van der Waals surface area contributed by atoms with Gasteiger partial charge in [0, 0.05) is 16.9 Å². The monoisotopic (exact) mass is 376 g/mol. The molecule has 0 aliphatic carbocycles. The maximum atomic E-state index is 13.1. The summed E-state index contributed by atoms with van der Waals surface area (Å²) in [6.45, 7) is 3.64. The van der Waals surface area contributed by atoms with Crippen LogP contribution in [0.4, 0.5) is 0 Å². The first kappa shape index (κ1) is 16.2. The van der Waals surface area contributed by atoms with Crippen molar-refractivity contribution < 1.29 is 4.79 Å². The molecular weight excluding hydrogens is 356 g/mol. The Morgan fingerprint density at radius 1 is 1.35 bits per heavy atom. The SMILES string of the molecule is CC(NC(=O)C1(n2cccn2)CCNCC1)c1ccccc1Br. The first-order chi connectivity index (χ1) is 11.1. The minimum Gasteiger partial charge on any atom is -0.347 e. The van der Waals surface area contributed by atoms with E-state index in [0.29, 0.717) is 0 Å². The molecule has 0 bridgehead atoms. The second-order valence-corrected chi connectivity index (χ2v) is 6.80. The van der Waals surface area contributed by atoms with Crippen LogP contribution in [-0.2, 0) is 10.3 Å². The summed E-state index contributed by atoms with van der Waals surface area (Å²) in [4.78, 5) is 13.1. The number of nitrogens with zero attached hydrogens (tertiary/aromatic N) is 2. The Bertz CT molecular complexity index is 665. The van der Waals surface area contributed by atoms with E-state index in [1.54, 1.807) is 6.20 Å². The van der Waals surface area contributed by atoms with Crippen molar-refractivity contribution >= 4 is 21.8 Å². The maximum absolute atomic E-state index is 13.1. The van der Waals surface area contributed by atoms with E-state index in [1.165, 1.54) is 0 Å². The lowest BCUT2D eigenvalue weighted by Gasteiger charge is -2.37. The molecule has 5 nitrogen and oxygen atoms in total. The molecule has 1 unspecified atom stereocenters. The molecule has 0 saturated carbocycles. The molecule has 2 aromatic rings. The van der Waals surface area contributed by atoms with Gasteiger partial charge in [-0.3, -0.25) is 9.48 Å². The number of piperidine rings is 1. The predicted molar refractivity (Wildman–Crippen MR) is 93.0 cm³/mol. The molecule has 2 heterocycles. The summed E-state index contributed by atoms with van der Waals surface area (Å²) in [6.07, 6.45) is 5.09. The summed E-state index contributed by atoms with van der Waals surface area (Å²) in [5, 5.41) is 10.8. The first-order valence-electron chi connectivity index (χ1n) is 7.90. The summed E-state index contributed by atoms with van der Waals surface area (Å²) in [5.41, 5.74) is 0.468. The normalized spacial score (nSPS) is 18.3. The molecule has 6 heteroatoms. The second-order valence-electron chi connectivity index (χ2n) is 5.95. The lowest BCUT2D eigenvalue weighted by Crippen LogP contribution is -2.55. The van der Waals surface area contributed by atoms with Crippen LogP contribution in [-0.4, -0.2) is 28.8 Å². The number of benzene rings is 1. The van der Waals surface area contributed by atoms with Crippen LogP contribution >= 0.6 is 15.9 Å². The number of nitrogens with one attached hydrogen (secondary N) is 2. The van der Waals surface area contributed by atoms with Crippen molar-refractivity contribution in [3.63, 3.8) is 0 Å². The van der Waals surface area contributed by atoms with Gasteiger partial charge in [0.15, 0.2) is 0 Å². The number of hydrogen-bond acceptors (Lipinski definition) is 3. The van der Waals surface area contributed by atoms with Gasteiger partial charge in [-0.2, -0.15) is 5.10 Å². The van der Waals surface area contributed by atoms with Crippen LogP contribution < -0.4 is 10.6 Å². The number of carbonyl (C=O) groups is 1. The number of rotatable bonds is 4. The average Bonchev–Trinajstić information content (AvgIpc) is 3.10. The molecule has 1 aromatic heterocycles. The Hall–Kier alpha value is -1.66. The molecule has 1 aliphatic heterocycles. The lowest BCUT2D eigenvalue weighted by molar-refractivity contribution is -0.132. The summed E-state index contributed by atoms with van der Waals surface area (Å²) >= 11 is 3.56. The van der Waals surface area contributed by atoms with Crippen molar-refractivity contribution in [2.75, 3.05) is 13.1 Å². The van der Waals surface area contributed by atoms with Gasteiger partial charge in [0.05, 0.1) is 6.04 Å². The van der Waals surface area contributed by atoms with Crippen molar-refractivity contribution in [1.29, 1.82) is 0 Å². The second kappa shape index (κ2) is 6.84. The lowest BCUT2D eigenvalue weighted by atomic mass is 9.87. The average molecular weight is 377 g/mol. The highest BCUT2D eigenvalue weighted by molar-refractivity contribution is 9.10. The summed E-state index contributed by atoms with van der Waals surface area (Å²) < 4.78 is 2.82. The van der Waals surface area contributed by atoms with Crippen molar-refractivity contribution in [2.24, 2.45) is 0 Å². The van der Waals surface area contributed by atoms with Crippen LogP contribution in [0, 0.1) is 0 Å². The molecule has 1 amide bonds. The van der Waals surface area contributed by atoms with Gasteiger partial charge in [-0.05, 0) is 50.6 Å². The van der Waals surface area contributed by atoms with Crippen LogP contribution in [0.1, 0.15) is 31.4 Å². The number of halogens is 1. The third kappa shape index (κ3) is 3.19. The summed E-state index contributed by atoms with van der Waals surface area (Å²) in [6, 6.07) is 9.77. The molecule has 1 atom stereocenters. The Balaban J connectivity index is 1.83. The first-order valence-corrected chi connectivity index (χ1v) is 8.69. The predicted octanol–water partition coefficient (Wildman–Crippen LogP) is 2.60. The van der Waals surface area contributed by atoms with E-state index in [2.05, 4.69) is 31.7 Å². The molecule has 1 aromatic carbocycles. The van der Waals surface area contributed by atoms with Gasteiger partial charge < -0.3 is 10.6 Å². The van der Waals surface area contributed by atoms with E-state index in [9.17, 15) is 4.79 Å². The third-order valence-corrected chi connectivity index (χ3v) is 5.24. The van der Waals surface area contributed by atoms with E-state index >= 15 is 0 Å². The molecule has 0 radical (unpaired) electrons. The fourth-order valence-corrected chi connectivity index (χ4v) is 3.79. The van der Waals surface area contributed by atoms with Gasteiger partial charge in [-0.1, -0.05) is 34.1 Å².